The van der Waals surface area contributed by atoms with E-state index in [1.807, 2.05) is 12.1 Å². The summed E-state index contributed by atoms with van der Waals surface area (Å²) in [5.41, 5.74) is -0.930. The minimum atomic E-state index is -1.24. The number of amides is 2. The van der Waals surface area contributed by atoms with E-state index in [9.17, 15) is 14.7 Å². The van der Waals surface area contributed by atoms with Crippen LogP contribution in [0.4, 0.5) is 4.79 Å². The molecule has 0 saturated heterocycles. The minimum absolute atomic E-state index is 0.102. The van der Waals surface area contributed by atoms with Crippen molar-refractivity contribution in [2.24, 2.45) is 0 Å². The average molecular weight is 402 g/mol. The number of carbonyl (C=O) groups excluding carboxylic acids is 2. The normalized spacial score (nSPS) is 16.7. The molecular formula is C22H29N2O3S-. The van der Waals surface area contributed by atoms with Gasteiger partial charge < -0.3 is 20.1 Å². The number of nitrogens with one attached hydrogen (secondary N) is 1. The van der Waals surface area contributed by atoms with E-state index >= 15 is 0 Å². The summed E-state index contributed by atoms with van der Waals surface area (Å²) in [6.45, 7) is 5.56. The van der Waals surface area contributed by atoms with Crippen molar-refractivity contribution in [1.29, 1.82) is 0 Å². The van der Waals surface area contributed by atoms with Gasteiger partial charge in [0.15, 0.2) is 0 Å². The van der Waals surface area contributed by atoms with Crippen LogP contribution in [0.5, 0.6) is 0 Å². The number of hydrogen-bond donors (Lipinski definition) is 1. The number of benzene rings is 1. The van der Waals surface area contributed by atoms with Gasteiger partial charge in [0, 0.05) is 28.1 Å². The molecule has 1 saturated carbocycles. The number of carbonyl (C=O) groups is 2. The zero-order valence-corrected chi connectivity index (χ0v) is 17.7. The third-order valence-corrected chi connectivity index (χ3v) is 6.90. The molecule has 1 aliphatic carbocycles. The quantitative estimate of drug-likeness (QED) is 0.823. The lowest BCUT2D eigenvalue weighted by atomic mass is 9.80. The fourth-order valence-corrected chi connectivity index (χ4v) is 5.31. The van der Waals surface area contributed by atoms with Gasteiger partial charge in [0.1, 0.15) is 6.09 Å². The molecule has 28 heavy (non-hydrogen) atoms. The van der Waals surface area contributed by atoms with E-state index in [4.69, 9.17) is 0 Å². The summed E-state index contributed by atoms with van der Waals surface area (Å²) in [6, 6.07) is 10.5. The summed E-state index contributed by atoms with van der Waals surface area (Å²) < 4.78 is 1.23. The van der Waals surface area contributed by atoms with Gasteiger partial charge in [-0.1, -0.05) is 37.5 Å². The highest BCUT2D eigenvalue weighted by Crippen LogP contribution is 2.42. The highest BCUT2D eigenvalue weighted by atomic mass is 32.1. The molecular weight excluding hydrogens is 372 g/mol. The van der Waals surface area contributed by atoms with Crippen molar-refractivity contribution >= 4 is 33.4 Å². The fourth-order valence-electron chi connectivity index (χ4n) is 4.05. The van der Waals surface area contributed by atoms with Crippen LogP contribution < -0.4 is 10.4 Å². The van der Waals surface area contributed by atoms with E-state index < -0.39 is 11.6 Å². The molecule has 1 N–H and O–H groups in total. The Kier molecular flexibility index (Phi) is 5.98. The fraction of sp³-hybridized carbons (Fsp3) is 0.545. The summed E-state index contributed by atoms with van der Waals surface area (Å²) in [7, 11) is 0. The smallest absolute Gasteiger partial charge is 0.222 e. The van der Waals surface area contributed by atoms with Gasteiger partial charge >= 0.3 is 0 Å². The first-order valence-corrected chi connectivity index (χ1v) is 10.8. The third-order valence-electron chi connectivity index (χ3n) is 5.58. The summed E-state index contributed by atoms with van der Waals surface area (Å²) in [6.07, 6.45) is 4.10. The van der Waals surface area contributed by atoms with E-state index in [0.29, 0.717) is 0 Å². The van der Waals surface area contributed by atoms with Crippen LogP contribution in [0.1, 0.15) is 64.2 Å². The first-order valence-electron chi connectivity index (χ1n) is 10.00. The molecule has 5 nitrogen and oxygen atoms in total. The van der Waals surface area contributed by atoms with Crippen LogP contribution in [-0.2, 0) is 10.3 Å². The highest BCUT2D eigenvalue weighted by molar-refractivity contribution is 7.19. The third kappa shape index (κ3) is 4.49. The topological polar surface area (TPSA) is 72.5 Å². The molecule has 2 amide bonds. The molecule has 0 bridgehead atoms. The molecule has 1 aromatic heterocycles. The highest BCUT2D eigenvalue weighted by Gasteiger charge is 2.37. The van der Waals surface area contributed by atoms with Crippen LogP contribution in [0.15, 0.2) is 30.3 Å². The van der Waals surface area contributed by atoms with E-state index in [1.54, 1.807) is 32.1 Å². The maximum absolute atomic E-state index is 12.8. The van der Waals surface area contributed by atoms with Gasteiger partial charge in [-0.05, 0) is 51.1 Å². The maximum Gasteiger partial charge on any atom is 0.222 e. The van der Waals surface area contributed by atoms with Crippen LogP contribution in [0.3, 0.4) is 0 Å². The maximum atomic E-state index is 12.8. The van der Waals surface area contributed by atoms with Gasteiger partial charge in [-0.2, -0.15) is 0 Å². The second kappa shape index (κ2) is 8.11. The molecule has 1 aromatic carbocycles. The largest absolute Gasteiger partial charge is 0.530 e. The van der Waals surface area contributed by atoms with Gasteiger partial charge in [-0.25, -0.2) is 0 Å². The van der Waals surface area contributed by atoms with Crippen molar-refractivity contribution in [1.82, 2.24) is 10.2 Å². The molecule has 0 unspecified atom stereocenters. The van der Waals surface area contributed by atoms with Crippen molar-refractivity contribution in [3.8, 4) is 0 Å². The predicted octanol–water partition coefficient (Wildman–Crippen LogP) is 4.01. The van der Waals surface area contributed by atoms with Crippen LogP contribution in [0, 0.1) is 0 Å². The van der Waals surface area contributed by atoms with Gasteiger partial charge in [0.2, 0.25) is 5.91 Å². The molecule has 6 heteroatoms. The summed E-state index contributed by atoms with van der Waals surface area (Å²) in [5, 5.41) is 15.9. The van der Waals surface area contributed by atoms with Crippen LogP contribution in [0.25, 0.3) is 10.1 Å². The SMILES string of the molecule is CC(C)(C)N(CCC(=O)NC1(c2cc3ccccc3s2)CCCCC1)C(=O)[O-]. The number of rotatable bonds is 5. The molecule has 0 spiro atoms. The lowest BCUT2D eigenvalue weighted by Gasteiger charge is -2.39. The zero-order valence-electron chi connectivity index (χ0n) is 16.9. The molecule has 1 aliphatic rings. The predicted molar refractivity (Wildman–Crippen MR) is 111 cm³/mol. The van der Waals surface area contributed by atoms with Crippen molar-refractivity contribution in [3.05, 3.63) is 35.2 Å². The molecule has 152 valence electrons. The van der Waals surface area contributed by atoms with E-state index in [2.05, 4.69) is 23.5 Å². The standard InChI is InChI=1S/C22H30N2O3S/c1-21(2,3)24(20(26)27)14-11-19(25)23-22(12-7-4-8-13-22)18-15-16-9-5-6-10-17(16)28-18/h5-6,9-10,15H,4,7-8,11-14H2,1-3H3,(H,23,25)(H,26,27)/p-1. The summed E-state index contributed by atoms with van der Waals surface area (Å²) >= 11 is 1.75. The molecule has 0 atom stereocenters. The number of hydrogen-bond acceptors (Lipinski definition) is 4. The van der Waals surface area contributed by atoms with Crippen LogP contribution in [0.2, 0.25) is 0 Å². The van der Waals surface area contributed by atoms with Crippen molar-refractivity contribution < 1.29 is 14.7 Å². The molecule has 1 fully saturated rings. The molecule has 1 heterocycles. The number of fused-ring (bicyclic) bond motifs is 1. The second-order valence-corrected chi connectivity index (χ2v) is 9.76. The van der Waals surface area contributed by atoms with Crippen LogP contribution in [-0.4, -0.2) is 29.0 Å². The number of nitrogens with zero attached hydrogens (tertiary/aromatic N) is 1. The number of thiophene rings is 1. The lowest BCUT2D eigenvalue weighted by molar-refractivity contribution is -0.270. The monoisotopic (exact) mass is 401 g/mol. The summed E-state index contributed by atoms with van der Waals surface area (Å²) in [4.78, 5) is 26.7. The van der Waals surface area contributed by atoms with E-state index in [1.165, 1.54) is 26.3 Å². The van der Waals surface area contributed by atoms with Gasteiger partial charge in [-0.3, -0.25) is 4.79 Å². The number of carboxylic acid groups (broad SMARTS) is 1. The van der Waals surface area contributed by atoms with Gasteiger partial charge in [0.05, 0.1) is 5.54 Å². The first kappa shape index (κ1) is 20.6. The minimum Gasteiger partial charge on any atom is -0.530 e. The Morgan fingerprint density at radius 2 is 1.86 bits per heavy atom. The van der Waals surface area contributed by atoms with Gasteiger partial charge in [-0.15, -0.1) is 11.3 Å². The van der Waals surface area contributed by atoms with Gasteiger partial charge in [0.25, 0.3) is 0 Å². The van der Waals surface area contributed by atoms with E-state index in [0.717, 1.165) is 25.7 Å². The van der Waals surface area contributed by atoms with E-state index in [-0.39, 0.29) is 24.4 Å². The Bertz CT molecular complexity index is 814. The zero-order chi connectivity index (χ0) is 20.4. The average Bonchev–Trinajstić information content (AvgIpc) is 3.06. The summed E-state index contributed by atoms with van der Waals surface area (Å²) in [5.74, 6) is -0.102. The Labute approximate surface area is 170 Å². The van der Waals surface area contributed by atoms with Crippen LogP contribution >= 0.6 is 11.3 Å². The van der Waals surface area contributed by atoms with Crippen molar-refractivity contribution in [2.45, 2.75) is 70.4 Å². The molecule has 0 radical (unpaired) electrons. The Hall–Kier alpha value is -2.08. The second-order valence-electron chi connectivity index (χ2n) is 8.68. The first-order chi connectivity index (χ1) is 13.2. The molecule has 0 aliphatic heterocycles. The Balaban J connectivity index is 1.77. The molecule has 3 rings (SSSR count). The van der Waals surface area contributed by atoms with Crippen molar-refractivity contribution in [2.75, 3.05) is 6.54 Å². The Morgan fingerprint density at radius 3 is 2.46 bits per heavy atom. The Morgan fingerprint density at radius 1 is 1.18 bits per heavy atom. The lowest BCUT2D eigenvalue weighted by Crippen LogP contribution is -2.53. The molecule has 2 aromatic rings. The van der Waals surface area contributed by atoms with Crippen molar-refractivity contribution in [3.63, 3.8) is 0 Å².